The Bertz CT molecular complexity index is 928. The van der Waals surface area contributed by atoms with Gasteiger partial charge in [-0.1, -0.05) is 12.1 Å². The number of anilines is 1. The van der Waals surface area contributed by atoms with Gasteiger partial charge in [-0.05, 0) is 29.8 Å². The van der Waals surface area contributed by atoms with Crippen molar-refractivity contribution >= 4 is 17.6 Å². The second-order valence-corrected chi connectivity index (χ2v) is 5.90. The number of rotatable bonds is 3. The fourth-order valence-corrected chi connectivity index (χ4v) is 3.12. The van der Waals surface area contributed by atoms with Crippen molar-refractivity contribution in [3.63, 3.8) is 0 Å². The molecule has 0 atom stereocenters. The van der Waals surface area contributed by atoms with E-state index in [4.69, 9.17) is 0 Å². The first-order chi connectivity index (χ1) is 12.4. The third-order valence-electron chi connectivity index (χ3n) is 4.27. The predicted molar refractivity (Wildman–Crippen MR) is 85.3 cm³/mol. The predicted octanol–water partition coefficient (Wildman–Crippen LogP) is 2.88. The SMILES string of the molecule is COC(=O)c1ccc2c(c1)CC(=O)N2Cc1cccc2c1OC(F)(F)O2. The number of esters is 1. The lowest BCUT2D eigenvalue weighted by Crippen LogP contribution is -2.27. The summed E-state index contributed by atoms with van der Waals surface area (Å²) in [5, 5.41) is 0. The Morgan fingerprint density at radius 2 is 2.08 bits per heavy atom. The van der Waals surface area contributed by atoms with Gasteiger partial charge in [0, 0.05) is 11.3 Å². The topological polar surface area (TPSA) is 65.1 Å². The van der Waals surface area contributed by atoms with Crippen molar-refractivity contribution in [3.8, 4) is 11.5 Å². The minimum absolute atomic E-state index is 0.0476. The summed E-state index contributed by atoms with van der Waals surface area (Å²) < 4.78 is 40.3. The third kappa shape index (κ3) is 2.63. The number of hydrogen-bond acceptors (Lipinski definition) is 5. The third-order valence-corrected chi connectivity index (χ3v) is 4.27. The maximum Gasteiger partial charge on any atom is 0.586 e. The maximum atomic E-state index is 13.3. The summed E-state index contributed by atoms with van der Waals surface area (Å²) in [6.45, 7) is 0.0476. The van der Waals surface area contributed by atoms with Crippen LogP contribution in [0.5, 0.6) is 11.5 Å². The molecule has 0 radical (unpaired) electrons. The molecule has 8 heteroatoms. The fourth-order valence-electron chi connectivity index (χ4n) is 3.12. The molecule has 2 aromatic carbocycles. The summed E-state index contributed by atoms with van der Waals surface area (Å²) >= 11 is 0. The van der Waals surface area contributed by atoms with E-state index in [0.29, 0.717) is 22.4 Å². The van der Waals surface area contributed by atoms with Crippen LogP contribution < -0.4 is 14.4 Å². The molecule has 0 saturated carbocycles. The Labute approximate surface area is 146 Å². The first-order valence-corrected chi connectivity index (χ1v) is 7.77. The number of carbonyl (C=O) groups excluding carboxylic acids is 2. The molecule has 4 rings (SSSR count). The molecule has 0 aliphatic carbocycles. The minimum atomic E-state index is -3.72. The van der Waals surface area contributed by atoms with Crippen molar-refractivity contribution in [1.82, 2.24) is 0 Å². The first-order valence-electron chi connectivity index (χ1n) is 7.77. The van der Waals surface area contributed by atoms with E-state index in [1.54, 1.807) is 30.3 Å². The lowest BCUT2D eigenvalue weighted by molar-refractivity contribution is -0.286. The summed E-state index contributed by atoms with van der Waals surface area (Å²) in [6.07, 6.45) is -3.61. The van der Waals surface area contributed by atoms with Gasteiger partial charge in [0.2, 0.25) is 5.91 Å². The number of benzene rings is 2. The number of para-hydroxylation sites is 1. The molecule has 0 N–H and O–H groups in total. The molecule has 6 nitrogen and oxygen atoms in total. The molecule has 0 aromatic heterocycles. The normalized spacial score (nSPS) is 16.6. The summed E-state index contributed by atoms with van der Waals surface area (Å²) in [5.74, 6) is -0.844. The molecule has 1 amide bonds. The molecule has 0 unspecified atom stereocenters. The number of methoxy groups -OCH3 is 1. The number of nitrogens with zero attached hydrogens (tertiary/aromatic N) is 1. The second kappa shape index (κ2) is 5.69. The Morgan fingerprint density at radius 3 is 2.85 bits per heavy atom. The Kier molecular flexibility index (Phi) is 3.57. The molecule has 2 aliphatic heterocycles. The highest BCUT2D eigenvalue weighted by molar-refractivity contribution is 6.02. The van der Waals surface area contributed by atoms with Crippen LogP contribution in [0.1, 0.15) is 21.5 Å². The molecular weight excluding hydrogens is 348 g/mol. The van der Waals surface area contributed by atoms with E-state index in [-0.39, 0.29) is 30.4 Å². The van der Waals surface area contributed by atoms with Crippen LogP contribution in [-0.2, 0) is 22.5 Å². The van der Waals surface area contributed by atoms with Crippen LogP contribution >= 0.6 is 0 Å². The molecule has 2 aliphatic rings. The van der Waals surface area contributed by atoms with Gasteiger partial charge in [0.1, 0.15) is 0 Å². The molecular formula is C18H13F2NO5. The molecule has 2 heterocycles. The van der Waals surface area contributed by atoms with Gasteiger partial charge in [-0.2, -0.15) is 0 Å². The van der Waals surface area contributed by atoms with Crippen molar-refractivity contribution in [2.45, 2.75) is 19.3 Å². The number of ether oxygens (including phenoxy) is 3. The van der Waals surface area contributed by atoms with Gasteiger partial charge in [-0.25, -0.2) is 4.79 Å². The van der Waals surface area contributed by atoms with E-state index in [1.165, 1.54) is 18.1 Å². The van der Waals surface area contributed by atoms with Crippen LogP contribution in [0.2, 0.25) is 0 Å². The first kappa shape index (κ1) is 16.3. The summed E-state index contributed by atoms with van der Waals surface area (Å²) in [7, 11) is 1.28. The Hall–Kier alpha value is -3.16. The van der Waals surface area contributed by atoms with Gasteiger partial charge in [0.15, 0.2) is 11.5 Å². The lowest BCUT2D eigenvalue weighted by Gasteiger charge is -2.18. The van der Waals surface area contributed by atoms with Crippen molar-refractivity contribution in [2.75, 3.05) is 12.0 Å². The maximum absolute atomic E-state index is 13.3. The van der Waals surface area contributed by atoms with Gasteiger partial charge in [0.05, 0.1) is 25.6 Å². The van der Waals surface area contributed by atoms with Crippen LogP contribution in [0, 0.1) is 0 Å². The van der Waals surface area contributed by atoms with Crippen LogP contribution in [0.4, 0.5) is 14.5 Å². The number of fused-ring (bicyclic) bond motifs is 2. The highest BCUT2D eigenvalue weighted by Crippen LogP contribution is 2.44. The molecule has 0 bridgehead atoms. The zero-order valence-corrected chi connectivity index (χ0v) is 13.6. The molecule has 0 fully saturated rings. The number of carbonyl (C=O) groups is 2. The second-order valence-electron chi connectivity index (χ2n) is 5.90. The summed E-state index contributed by atoms with van der Waals surface area (Å²) in [6, 6.07) is 9.32. The van der Waals surface area contributed by atoms with Gasteiger partial charge >= 0.3 is 12.3 Å². The molecule has 0 spiro atoms. The molecule has 0 saturated heterocycles. The van der Waals surface area contributed by atoms with Crippen LogP contribution in [0.15, 0.2) is 36.4 Å². The van der Waals surface area contributed by atoms with Gasteiger partial charge < -0.3 is 19.1 Å². The minimum Gasteiger partial charge on any atom is -0.465 e. The lowest BCUT2D eigenvalue weighted by atomic mass is 10.1. The van der Waals surface area contributed by atoms with Crippen LogP contribution in [-0.4, -0.2) is 25.3 Å². The number of alkyl halides is 2. The fraction of sp³-hybridized carbons (Fsp3) is 0.222. The van der Waals surface area contributed by atoms with E-state index >= 15 is 0 Å². The monoisotopic (exact) mass is 361 g/mol. The zero-order valence-electron chi connectivity index (χ0n) is 13.6. The van der Waals surface area contributed by atoms with Crippen molar-refractivity contribution in [2.24, 2.45) is 0 Å². The summed E-state index contributed by atoms with van der Waals surface area (Å²) in [4.78, 5) is 25.5. The molecule has 2 aromatic rings. The highest BCUT2D eigenvalue weighted by atomic mass is 19.3. The Balaban J connectivity index is 1.65. The van der Waals surface area contributed by atoms with Crippen LogP contribution in [0.25, 0.3) is 0 Å². The average molecular weight is 361 g/mol. The Morgan fingerprint density at radius 1 is 1.27 bits per heavy atom. The highest BCUT2D eigenvalue weighted by Gasteiger charge is 2.44. The molecule has 26 heavy (non-hydrogen) atoms. The average Bonchev–Trinajstić information content (AvgIpc) is 3.09. The van der Waals surface area contributed by atoms with E-state index in [9.17, 15) is 18.4 Å². The van der Waals surface area contributed by atoms with Crippen molar-refractivity contribution in [3.05, 3.63) is 53.1 Å². The van der Waals surface area contributed by atoms with Crippen molar-refractivity contribution in [1.29, 1.82) is 0 Å². The van der Waals surface area contributed by atoms with Gasteiger partial charge in [0.25, 0.3) is 0 Å². The zero-order chi connectivity index (χ0) is 18.5. The van der Waals surface area contributed by atoms with Crippen molar-refractivity contribution < 1.29 is 32.6 Å². The largest absolute Gasteiger partial charge is 0.586 e. The van der Waals surface area contributed by atoms with E-state index in [1.807, 2.05) is 0 Å². The quantitative estimate of drug-likeness (QED) is 0.787. The number of halogens is 2. The molecule has 134 valence electrons. The standard InChI is InChI=1S/C18H13F2NO5/c1-24-17(23)10-5-6-13-12(7-10)8-15(22)21(13)9-11-3-2-4-14-16(11)26-18(19,20)25-14/h2-7H,8-9H2,1H3. The van der Waals surface area contributed by atoms with Crippen LogP contribution in [0.3, 0.4) is 0 Å². The number of amides is 1. The number of hydrogen-bond donors (Lipinski definition) is 0. The van der Waals surface area contributed by atoms with E-state index < -0.39 is 12.3 Å². The van der Waals surface area contributed by atoms with E-state index in [2.05, 4.69) is 14.2 Å². The smallest absolute Gasteiger partial charge is 0.465 e. The van der Waals surface area contributed by atoms with E-state index in [0.717, 1.165) is 0 Å². The van der Waals surface area contributed by atoms with Gasteiger partial charge in [-0.3, -0.25) is 4.79 Å². The van der Waals surface area contributed by atoms with Gasteiger partial charge in [-0.15, -0.1) is 8.78 Å². The summed E-state index contributed by atoms with van der Waals surface area (Å²) in [5.41, 5.74) is 2.04.